The van der Waals surface area contributed by atoms with Crippen molar-refractivity contribution >= 4 is 17.7 Å². The van der Waals surface area contributed by atoms with Crippen molar-refractivity contribution in [3.63, 3.8) is 0 Å². The third-order valence-electron chi connectivity index (χ3n) is 3.06. The van der Waals surface area contributed by atoms with E-state index in [0.29, 0.717) is 5.69 Å². The quantitative estimate of drug-likeness (QED) is 0.726. The van der Waals surface area contributed by atoms with Crippen LogP contribution in [0, 0.1) is 6.92 Å². The number of nitrogens with one attached hydrogen (secondary N) is 1. The molecule has 122 valence electrons. The maximum atomic E-state index is 11.7. The van der Waals surface area contributed by atoms with Gasteiger partial charge in [0.15, 0.2) is 0 Å². The molecule has 0 bridgehead atoms. The highest BCUT2D eigenvalue weighted by atomic mass is 16.6. The first kappa shape index (κ1) is 17.8. The Morgan fingerprint density at radius 2 is 2.00 bits per heavy atom. The molecular formula is C16H24N2O4. The summed E-state index contributed by atoms with van der Waals surface area (Å²) in [5.74, 6) is -1.30. The Morgan fingerprint density at radius 3 is 2.55 bits per heavy atom. The van der Waals surface area contributed by atoms with Gasteiger partial charge in [-0.3, -0.25) is 4.79 Å². The molecule has 1 aromatic rings. The number of aliphatic carboxylic acids is 1. The molecule has 0 aromatic heterocycles. The Balaban J connectivity index is 2.83. The van der Waals surface area contributed by atoms with E-state index >= 15 is 0 Å². The lowest BCUT2D eigenvalue weighted by Gasteiger charge is -2.22. The van der Waals surface area contributed by atoms with Gasteiger partial charge in [-0.2, -0.15) is 0 Å². The Labute approximate surface area is 130 Å². The van der Waals surface area contributed by atoms with Gasteiger partial charge in [-0.05, 0) is 51.0 Å². The number of benzene rings is 1. The van der Waals surface area contributed by atoms with Crippen molar-refractivity contribution in [1.29, 1.82) is 0 Å². The first-order chi connectivity index (χ1) is 10.1. The molecule has 0 saturated carbocycles. The van der Waals surface area contributed by atoms with Crippen LogP contribution < -0.4 is 11.1 Å². The molecule has 0 aliphatic rings. The largest absolute Gasteiger partial charge is 0.481 e. The fraction of sp³-hybridized carbons (Fsp3) is 0.500. The third kappa shape index (κ3) is 6.03. The number of ether oxygens (including phenoxy) is 1. The summed E-state index contributed by atoms with van der Waals surface area (Å²) in [6, 6.07) is 5.35. The number of amides is 1. The van der Waals surface area contributed by atoms with Gasteiger partial charge >= 0.3 is 12.1 Å². The summed E-state index contributed by atoms with van der Waals surface area (Å²) in [6.45, 7) is 7.36. The van der Waals surface area contributed by atoms with E-state index in [1.165, 1.54) is 0 Å². The average molecular weight is 308 g/mol. The van der Waals surface area contributed by atoms with Gasteiger partial charge in [0.05, 0.1) is 6.42 Å². The van der Waals surface area contributed by atoms with E-state index in [9.17, 15) is 9.59 Å². The van der Waals surface area contributed by atoms with Crippen LogP contribution in [0.4, 0.5) is 10.5 Å². The van der Waals surface area contributed by atoms with Crippen molar-refractivity contribution in [2.24, 2.45) is 0 Å². The van der Waals surface area contributed by atoms with E-state index in [0.717, 1.165) is 11.1 Å². The summed E-state index contributed by atoms with van der Waals surface area (Å²) in [4.78, 5) is 22.8. The smallest absolute Gasteiger partial charge is 0.407 e. The number of rotatable bonds is 5. The van der Waals surface area contributed by atoms with E-state index < -0.39 is 17.7 Å². The Hall–Kier alpha value is -2.24. The number of carboxylic acid groups (broad SMARTS) is 1. The molecule has 4 N–H and O–H groups in total. The Morgan fingerprint density at radius 1 is 1.36 bits per heavy atom. The number of carboxylic acids is 1. The lowest BCUT2D eigenvalue weighted by molar-refractivity contribution is -0.137. The van der Waals surface area contributed by atoms with Crippen LogP contribution in [0.1, 0.15) is 44.2 Å². The summed E-state index contributed by atoms with van der Waals surface area (Å²) in [5, 5.41) is 11.7. The van der Waals surface area contributed by atoms with Gasteiger partial charge in [-0.15, -0.1) is 0 Å². The van der Waals surface area contributed by atoms with Crippen LogP contribution in [0.3, 0.4) is 0 Å². The highest BCUT2D eigenvalue weighted by Gasteiger charge is 2.21. The zero-order chi connectivity index (χ0) is 16.9. The first-order valence-electron chi connectivity index (χ1n) is 7.13. The van der Waals surface area contributed by atoms with Crippen LogP contribution in [-0.2, 0) is 9.53 Å². The van der Waals surface area contributed by atoms with Crippen molar-refractivity contribution < 1.29 is 19.4 Å². The van der Waals surface area contributed by atoms with Crippen LogP contribution in [0.2, 0.25) is 0 Å². The lowest BCUT2D eigenvalue weighted by Crippen LogP contribution is -2.35. The summed E-state index contributed by atoms with van der Waals surface area (Å²) < 4.78 is 5.16. The molecule has 0 saturated heterocycles. The maximum Gasteiger partial charge on any atom is 0.407 e. The molecular weight excluding hydrogens is 284 g/mol. The highest BCUT2D eigenvalue weighted by molar-refractivity contribution is 5.70. The van der Waals surface area contributed by atoms with Crippen molar-refractivity contribution in [1.82, 2.24) is 5.32 Å². The van der Waals surface area contributed by atoms with Gasteiger partial charge in [0.1, 0.15) is 5.60 Å². The van der Waals surface area contributed by atoms with Gasteiger partial charge in [-0.1, -0.05) is 6.07 Å². The second-order valence-electron chi connectivity index (χ2n) is 6.29. The minimum atomic E-state index is -0.933. The molecule has 0 aliphatic carbocycles. The van der Waals surface area contributed by atoms with Crippen LogP contribution in [-0.4, -0.2) is 29.3 Å². The maximum absolute atomic E-state index is 11.7. The number of carbonyl (C=O) groups excluding carboxylic acids is 1. The number of carbonyl (C=O) groups is 2. The van der Waals surface area contributed by atoms with Crippen LogP contribution in [0.15, 0.2) is 18.2 Å². The van der Waals surface area contributed by atoms with E-state index in [-0.39, 0.29) is 18.9 Å². The van der Waals surface area contributed by atoms with Crippen LogP contribution >= 0.6 is 0 Å². The fourth-order valence-electron chi connectivity index (χ4n) is 2.12. The topological polar surface area (TPSA) is 102 Å². The summed E-state index contributed by atoms with van der Waals surface area (Å²) in [5.41, 5.74) is 7.50. The molecule has 1 amide bonds. The number of aryl methyl sites for hydroxylation is 1. The fourth-order valence-corrected chi connectivity index (χ4v) is 2.12. The standard InChI is InChI=1S/C16H24N2O4/c1-10-5-6-12(17)8-13(10)11(7-14(19)20)9-18-15(21)22-16(2,3)4/h5-6,8,11H,7,9,17H2,1-4H3,(H,18,21)(H,19,20). The molecule has 1 aromatic carbocycles. The molecule has 0 aliphatic heterocycles. The van der Waals surface area contributed by atoms with Gasteiger partial charge in [0.25, 0.3) is 0 Å². The number of anilines is 1. The second-order valence-corrected chi connectivity index (χ2v) is 6.29. The molecule has 0 fully saturated rings. The zero-order valence-electron chi connectivity index (χ0n) is 13.5. The highest BCUT2D eigenvalue weighted by Crippen LogP contribution is 2.25. The molecule has 1 rings (SSSR count). The van der Waals surface area contributed by atoms with E-state index in [1.807, 2.05) is 13.0 Å². The lowest BCUT2D eigenvalue weighted by atomic mass is 9.91. The summed E-state index contributed by atoms with van der Waals surface area (Å²) >= 11 is 0. The number of alkyl carbamates (subject to hydrolysis) is 1. The van der Waals surface area contributed by atoms with Crippen LogP contribution in [0.25, 0.3) is 0 Å². The first-order valence-corrected chi connectivity index (χ1v) is 7.13. The number of hydrogen-bond acceptors (Lipinski definition) is 4. The third-order valence-corrected chi connectivity index (χ3v) is 3.06. The molecule has 0 radical (unpaired) electrons. The minimum Gasteiger partial charge on any atom is -0.481 e. The predicted octanol–water partition coefficient (Wildman–Crippen LogP) is 2.66. The Bertz CT molecular complexity index is 550. The monoisotopic (exact) mass is 308 g/mol. The summed E-state index contributed by atoms with van der Waals surface area (Å²) in [7, 11) is 0. The number of nitrogen functional groups attached to an aromatic ring is 1. The van der Waals surface area contributed by atoms with Crippen molar-refractivity contribution in [3.05, 3.63) is 29.3 Å². The van der Waals surface area contributed by atoms with Gasteiger partial charge < -0.3 is 20.9 Å². The predicted molar refractivity (Wildman–Crippen MR) is 84.8 cm³/mol. The second kappa shape index (κ2) is 7.15. The van der Waals surface area contributed by atoms with Crippen molar-refractivity contribution in [2.75, 3.05) is 12.3 Å². The van der Waals surface area contributed by atoms with Gasteiger partial charge in [0, 0.05) is 18.2 Å². The van der Waals surface area contributed by atoms with E-state index in [2.05, 4.69) is 5.32 Å². The summed E-state index contributed by atoms with van der Waals surface area (Å²) in [6.07, 6.45) is -0.662. The molecule has 1 atom stereocenters. The van der Waals surface area contributed by atoms with E-state index in [1.54, 1.807) is 32.9 Å². The van der Waals surface area contributed by atoms with Crippen molar-refractivity contribution in [3.8, 4) is 0 Å². The number of hydrogen-bond donors (Lipinski definition) is 3. The Kier molecular flexibility index (Phi) is 5.79. The molecule has 0 heterocycles. The molecule has 22 heavy (non-hydrogen) atoms. The molecule has 6 heteroatoms. The van der Waals surface area contributed by atoms with E-state index in [4.69, 9.17) is 15.6 Å². The normalized spacial score (nSPS) is 12.5. The number of nitrogens with two attached hydrogens (primary N) is 1. The SMILES string of the molecule is Cc1ccc(N)cc1C(CNC(=O)OC(C)(C)C)CC(=O)O. The van der Waals surface area contributed by atoms with Crippen LogP contribution in [0.5, 0.6) is 0 Å². The minimum absolute atomic E-state index is 0.0971. The average Bonchev–Trinajstić information content (AvgIpc) is 2.35. The van der Waals surface area contributed by atoms with Gasteiger partial charge in [0.2, 0.25) is 0 Å². The van der Waals surface area contributed by atoms with Gasteiger partial charge in [-0.25, -0.2) is 4.79 Å². The molecule has 0 spiro atoms. The van der Waals surface area contributed by atoms with Crippen molar-refractivity contribution in [2.45, 2.75) is 45.6 Å². The molecule has 6 nitrogen and oxygen atoms in total. The molecule has 1 unspecified atom stereocenters. The zero-order valence-corrected chi connectivity index (χ0v) is 13.5.